The van der Waals surface area contributed by atoms with Crippen LogP contribution < -0.4 is 14.2 Å². The number of fused-ring (bicyclic) bond motifs is 8. The summed E-state index contributed by atoms with van der Waals surface area (Å²) in [6.45, 7) is 8.87. The highest BCUT2D eigenvalue weighted by Gasteiger charge is 2.57. The molecule has 0 N–H and O–H groups in total. The van der Waals surface area contributed by atoms with Crippen molar-refractivity contribution >= 4 is 16.8 Å². The van der Waals surface area contributed by atoms with E-state index >= 15 is 8.78 Å². The summed E-state index contributed by atoms with van der Waals surface area (Å²) < 4.78 is 93.9. The molecule has 1 unspecified atom stereocenters. The normalized spacial score (nSPS) is 18.8. The van der Waals surface area contributed by atoms with Gasteiger partial charge in [-0.05, 0) is 109 Å². The van der Waals surface area contributed by atoms with Crippen molar-refractivity contribution < 1.29 is 36.2 Å². The van der Waals surface area contributed by atoms with Crippen LogP contribution in [0.3, 0.4) is 0 Å². The van der Waals surface area contributed by atoms with Crippen molar-refractivity contribution in [2.45, 2.75) is 89.3 Å². The van der Waals surface area contributed by atoms with Gasteiger partial charge in [0.05, 0.1) is 13.2 Å². The number of benzene rings is 5. The molecule has 8 rings (SSSR count). The molecule has 1 heterocycles. The second kappa shape index (κ2) is 13.2. The van der Waals surface area contributed by atoms with Crippen molar-refractivity contribution in [1.29, 1.82) is 0 Å². The second-order valence-corrected chi connectivity index (χ2v) is 15.0. The molecule has 0 saturated heterocycles. The lowest BCUT2D eigenvalue weighted by atomic mass is 9.63. The average molecular weight is 739 g/mol. The Bertz CT molecular complexity index is 2220. The first-order valence-corrected chi connectivity index (χ1v) is 18.9. The molecule has 280 valence electrons. The highest BCUT2D eigenvalue weighted by molar-refractivity contribution is 6.09. The summed E-state index contributed by atoms with van der Waals surface area (Å²) in [5, 5.41) is 1.54. The molecule has 0 fully saturated rings. The summed E-state index contributed by atoms with van der Waals surface area (Å²) in [5.74, 6) is -1.21. The maximum atomic E-state index is 16.0. The largest absolute Gasteiger partial charge is 0.494 e. The van der Waals surface area contributed by atoms with Gasteiger partial charge in [0, 0.05) is 45.9 Å². The summed E-state index contributed by atoms with van der Waals surface area (Å²) in [7, 11) is 0. The molecular weight excluding hydrogens is 695 g/mol. The highest BCUT2D eigenvalue weighted by Crippen LogP contribution is 2.66. The Morgan fingerprint density at radius 2 is 1.35 bits per heavy atom. The van der Waals surface area contributed by atoms with Gasteiger partial charge >= 0.3 is 6.18 Å². The van der Waals surface area contributed by atoms with E-state index in [1.807, 2.05) is 106 Å². The zero-order chi connectivity index (χ0) is 38.0. The summed E-state index contributed by atoms with van der Waals surface area (Å²) in [6, 6.07) is 25.0. The SMILES string of the molecule is CCCOc1ccc(C2(c3ccc(OCCC)cc3)C=Cc3c4c(c5ccc(C)cc5c3O2)-c2ccc(C)c3c2C4(CCC(F)(F)F)CCC3(F)F)cc1. The molecule has 3 nitrogen and oxygen atoms in total. The van der Waals surface area contributed by atoms with Crippen molar-refractivity contribution in [3.8, 4) is 28.4 Å². The lowest BCUT2D eigenvalue weighted by Crippen LogP contribution is -2.39. The van der Waals surface area contributed by atoms with Crippen molar-refractivity contribution in [3.05, 3.63) is 129 Å². The number of hydrogen-bond acceptors (Lipinski definition) is 3. The van der Waals surface area contributed by atoms with E-state index in [1.165, 1.54) is 0 Å². The molecule has 1 atom stereocenters. The molecular formula is C46H43F5O3. The summed E-state index contributed by atoms with van der Waals surface area (Å²) in [5.41, 5.74) is 3.33. The van der Waals surface area contributed by atoms with Crippen LogP contribution in [0.4, 0.5) is 22.0 Å². The van der Waals surface area contributed by atoms with Gasteiger partial charge in [-0.3, -0.25) is 0 Å². The molecule has 0 bridgehead atoms. The van der Waals surface area contributed by atoms with Gasteiger partial charge in [0.2, 0.25) is 0 Å². The first-order valence-electron chi connectivity index (χ1n) is 18.9. The first kappa shape index (κ1) is 36.1. The molecule has 0 radical (unpaired) electrons. The van der Waals surface area contributed by atoms with E-state index in [0.29, 0.717) is 46.8 Å². The molecule has 54 heavy (non-hydrogen) atoms. The fourth-order valence-electron chi connectivity index (χ4n) is 9.03. The fourth-order valence-corrected chi connectivity index (χ4v) is 9.03. The molecule has 5 aromatic rings. The predicted molar refractivity (Wildman–Crippen MR) is 203 cm³/mol. The van der Waals surface area contributed by atoms with Gasteiger partial charge in [0.25, 0.3) is 5.92 Å². The number of ether oxygens (including phenoxy) is 3. The van der Waals surface area contributed by atoms with E-state index in [1.54, 1.807) is 13.0 Å². The van der Waals surface area contributed by atoms with E-state index in [-0.39, 0.29) is 18.4 Å². The van der Waals surface area contributed by atoms with E-state index in [0.717, 1.165) is 57.4 Å². The Balaban J connectivity index is 1.41. The third kappa shape index (κ3) is 5.75. The Kier molecular flexibility index (Phi) is 8.82. The third-order valence-corrected chi connectivity index (χ3v) is 11.4. The number of alkyl halides is 5. The number of rotatable bonds is 10. The smallest absolute Gasteiger partial charge is 0.389 e. The molecule has 2 aliphatic carbocycles. The predicted octanol–water partition coefficient (Wildman–Crippen LogP) is 12.9. The maximum Gasteiger partial charge on any atom is 0.389 e. The molecule has 0 amide bonds. The molecule has 1 aliphatic heterocycles. The van der Waals surface area contributed by atoms with Gasteiger partial charge in [-0.15, -0.1) is 0 Å². The van der Waals surface area contributed by atoms with Gasteiger partial charge in [-0.25, -0.2) is 8.78 Å². The maximum absolute atomic E-state index is 16.0. The number of halogens is 5. The second-order valence-electron chi connectivity index (χ2n) is 15.0. The van der Waals surface area contributed by atoms with Crippen LogP contribution in [-0.2, 0) is 16.9 Å². The zero-order valence-corrected chi connectivity index (χ0v) is 30.9. The Morgan fingerprint density at radius 1 is 0.722 bits per heavy atom. The zero-order valence-electron chi connectivity index (χ0n) is 30.9. The molecule has 0 spiro atoms. The van der Waals surface area contributed by atoms with Crippen molar-refractivity contribution in [1.82, 2.24) is 0 Å². The van der Waals surface area contributed by atoms with E-state index in [9.17, 15) is 13.2 Å². The summed E-state index contributed by atoms with van der Waals surface area (Å²) >= 11 is 0. The van der Waals surface area contributed by atoms with Crippen LogP contribution >= 0.6 is 0 Å². The monoisotopic (exact) mass is 738 g/mol. The van der Waals surface area contributed by atoms with E-state index in [2.05, 4.69) is 0 Å². The first-order chi connectivity index (χ1) is 25.8. The summed E-state index contributed by atoms with van der Waals surface area (Å²) in [6.07, 6.45) is -0.924. The van der Waals surface area contributed by atoms with Crippen molar-refractivity contribution in [2.24, 2.45) is 0 Å². The fraction of sp³-hybridized carbons (Fsp3) is 0.348. The van der Waals surface area contributed by atoms with Crippen LogP contribution in [0.1, 0.15) is 96.9 Å². The quantitative estimate of drug-likeness (QED) is 0.134. The molecule has 5 aromatic carbocycles. The van der Waals surface area contributed by atoms with Crippen LogP contribution in [0.15, 0.2) is 84.9 Å². The van der Waals surface area contributed by atoms with Crippen LogP contribution in [-0.4, -0.2) is 19.4 Å². The minimum absolute atomic E-state index is 0.117. The van der Waals surface area contributed by atoms with Crippen LogP contribution in [0.25, 0.3) is 28.0 Å². The Labute approximate surface area is 312 Å². The van der Waals surface area contributed by atoms with Crippen molar-refractivity contribution in [2.75, 3.05) is 13.2 Å². The Morgan fingerprint density at radius 3 is 1.94 bits per heavy atom. The minimum atomic E-state index is -4.48. The highest BCUT2D eigenvalue weighted by atomic mass is 19.4. The van der Waals surface area contributed by atoms with Gasteiger partial charge < -0.3 is 14.2 Å². The molecule has 0 aromatic heterocycles. The standard InChI is InChI=1S/C46H43F5O3/c1-5-25-52-32-13-9-30(10-14-32)44(31-11-15-33(16-12-31)53-26-6-2)20-19-36-40-38(34-17-7-28(3)27-37(34)42(36)54-44)35-18-8-29(4)39-41(35)43(40,21-23-45(39,47)48)22-24-46(49,50)51/h7-20,27H,5-6,21-26H2,1-4H3. The van der Waals surface area contributed by atoms with E-state index in [4.69, 9.17) is 14.2 Å². The average Bonchev–Trinajstić information content (AvgIpc) is 3.45. The van der Waals surface area contributed by atoms with E-state index < -0.39 is 36.0 Å². The number of aryl methyl sites for hydroxylation is 2. The minimum Gasteiger partial charge on any atom is -0.494 e. The Hall–Kier alpha value is -4.85. The van der Waals surface area contributed by atoms with Crippen molar-refractivity contribution in [3.63, 3.8) is 0 Å². The van der Waals surface area contributed by atoms with Gasteiger partial charge in [-0.2, -0.15) is 13.2 Å². The molecule has 8 heteroatoms. The summed E-state index contributed by atoms with van der Waals surface area (Å²) in [4.78, 5) is 0. The molecule has 3 aliphatic rings. The van der Waals surface area contributed by atoms with Gasteiger partial charge in [-0.1, -0.05) is 74.0 Å². The van der Waals surface area contributed by atoms with Gasteiger partial charge in [0.15, 0.2) is 5.60 Å². The molecule has 0 saturated carbocycles. The number of hydrogen-bond donors (Lipinski definition) is 0. The van der Waals surface area contributed by atoms with Gasteiger partial charge in [0.1, 0.15) is 17.2 Å². The topological polar surface area (TPSA) is 27.7 Å². The van der Waals surface area contributed by atoms with Crippen LogP contribution in [0.2, 0.25) is 0 Å². The lowest BCUT2D eigenvalue weighted by Gasteiger charge is -2.43. The lowest BCUT2D eigenvalue weighted by molar-refractivity contribution is -0.138. The van der Waals surface area contributed by atoms with Crippen LogP contribution in [0, 0.1) is 13.8 Å². The third-order valence-electron chi connectivity index (χ3n) is 11.4. The van der Waals surface area contributed by atoms with Crippen LogP contribution in [0.5, 0.6) is 17.2 Å².